The second kappa shape index (κ2) is 5.28. The van der Waals surface area contributed by atoms with E-state index >= 15 is 0 Å². The predicted octanol–water partition coefficient (Wildman–Crippen LogP) is 5.21. The first-order valence-electron chi connectivity index (χ1n) is 8.07. The Kier molecular flexibility index (Phi) is 3.25. The Labute approximate surface area is 130 Å². The molecule has 2 aliphatic rings. The van der Waals surface area contributed by atoms with Gasteiger partial charge in [-0.1, -0.05) is 43.3 Å². The molecule has 1 nitrogen and oxygen atoms in total. The molecule has 0 fully saturated rings. The summed E-state index contributed by atoms with van der Waals surface area (Å²) in [5.41, 5.74) is 4.85. The van der Waals surface area contributed by atoms with E-state index in [9.17, 15) is 4.39 Å². The fourth-order valence-electron chi connectivity index (χ4n) is 3.86. The standard InChI is InChI=1S/C20H20FN/c1-2-13-6-8-14(9-7-13)20-17-5-3-4-16(17)18-12-15(21)10-11-19(18)22-20/h3-4,6-12,16-17,20,22H,2,5H2,1H3/t16-,17-,20+/m1/s1. The molecule has 3 atom stereocenters. The highest BCUT2D eigenvalue weighted by atomic mass is 19.1. The number of allylic oxidation sites excluding steroid dienone is 2. The van der Waals surface area contributed by atoms with Crippen molar-refractivity contribution in [2.24, 2.45) is 5.92 Å². The van der Waals surface area contributed by atoms with Gasteiger partial charge in [-0.15, -0.1) is 0 Å². The summed E-state index contributed by atoms with van der Waals surface area (Å²) in [4.78, 5) is 0. The topological polar surface area (TPSA) is 12.0 Å². The van der Waals surface area contributed by atoms with Crippen LogP contribution in [0.15, 0.2) is 54.6 Å². The molecule has 22 heavy (non-hydrogen) atoms. The van der Waals surface area contributed by atoms with Gasteiger partial charge in [0.2, 0.25) is 0 Å². The number of aryl methyl sites for hydroxylation is 1. The molecule has 0 unspecified atom stereocenters. The van der Waals surface area contributed by atoms with Crippen LogP contribution < -0.4 is 5.32 Å². The molecule has 4 rings (SSSR count). The molecule has 0 bridgehead atoms. The first kappa shape index (κ1) is 13.6. The number of nitrogens with one attached hydrogen (secondary N) is 1. The molecule has 112 valence electrons. The zero-order valence-electron chi connectivity index (χ0n) is 12.7. The fourth-order valence-corrected chi connectivity index (χ4v) is 3.86. The molecule has 1 aliphatic heterocycles. The van der Waals surface area contributed by atoms with Gasteiger partial charge in [-0.2, -0.15) is 0 Å². The lowest BCUT2D eigenvalue weighted by atomic mass is 9.77. The minimum Gasteiger partial charge on any atom is -0.378 e. The van der Waals surface area contributed by atoms with Crippen LogP contribution in [-0.2, 0) is 6.42 Å². The molecule has 2 heteroatoms. The van der Waals surface area contributed by atoms with Crippen molar-refractivity contribution in [3.63, 3.8) is 0 Å². The van der Waals surface area contributed by atoms with Gasteiger partial charge in [0.1, 0.15) is 5.82 Å². The van der Waals surface area contributed by atoms with Crippen LogP contribution in [0, 0.1) is 11.7 Å². The van der Waals surface area contributed by atoms with Gasteiger partial charge >= 0.3 is 0 Å². The Morgan fingerprint density at radius 3 is 2.73 bits per heavy atom. The van der Waals surface area contributed by atoms with Crippen LogP contribution in [0.5, 0.6) is 0 Å². The number of halogens is 1. The second-order valence-electron chi connectivity index (χ2n) is 6.30. The van der Waals surface area contributed by atoms with Gasteiger partial charge in [0.15, 0.2) is 0 Å². The highest BCUT2D eigenvalue weighted by molar-refractivity contribution is 5.59. The van der Waals surface area contributed by atoms with Crippen LogP contribution in [0.3, 0.4) is 0 Å². The second-order valence-corrected chi connectivity index (χ2v) is 6.30. The normalized spacial score (nSPS) is 25.5. The van der Waals surface area contributed by atoms with E-state index in [0.29, 0.717) is 17.9 Å². The number of anilines is 1. The summed E-state index contributed by atoms with van der Waals surface area (Å²) in [5.74, 6) is 0.648. The van der Waals surface area contributed by atoms with Crippen LogP contribution in [0.2, 0.25) is 0 Å². The maximum absolute atomic E-state index is 13.6. The van der Waals surface area contributed by atoms with Crippen molar-refractivity contribution in [2.75, 3.05) is 5.32 Å². The number of fused-ring (bicyclic) bond motifs is 3. The largest absolute Gasteiger partial charge is 0.378 e. The van der Waals surface area contributed by atoms with Crippen molar-refractivity contribution in [1.82, 2.24) is 0 Å². The highest BCUT2D eigenvalue weighted by Crippen LogP contribution is 2.49. The molecule has 0 radical (unpaired) electrons. The molecule has 0 saturated heterocycles. The number of hydrogen-bond acceptors (Lipinski definition) is 1. The summed E-state index contributed by atoms with van der Waals surface area (Å²) in [6.07, 6.45) is 6.60. The Morgan fingerprint density at radius 1 is 1.14 bits per heavy atom. The smallest absolute Gasteiger partial charge is 0.123 e. The summed E-state index contributed by atoms with van der Waals surface area (Å²) < 4.78 is 13.6. The van der Waals surface area contributed by atoms with E-state index in [2.05, 4.69) is 48.7 Å². The fraction of sp³-hybridized carbons (Fsp3) is 0.300. The molecule has 1 heterocycles. The first-order valence-corrected chi connectivity index (χ1v) is 8.07. The van der Waals surface area contributed by atoms with Gasteiger partial charge < -0.3 is 5.32 Å². The Balaban J connectivity index is 1.74. The van der Waals surface area contributed by atoms with E-state index < -0.39 is 0 Å². The molecule has 2 aromatic rings. The lowest BCUT2D eigenvalue weighted by Gasteiger charge is -2.37. The van der Waals surface area contributed by atoms with E-state index in [1.807, 2.05) is 6.07 Å². The predicted molar refractivity (Wildman–Crippen MR) is 88.6 cm³/mol. The third-order valence-electron chi connectivity index (χ3n) is 5.07. The van der Waals surface area contributed by atoms with E-state index in [1.54, 1.807) is 12.1 Å². The molecular weight excluding hydrogens is 273 g/mol. The molecule has 1 aliphatic carbocycles. The summed E-state index contributed by atoms with van der Waals surface area (Å²) in [6.45, 7) is 2.18. The summed E-state index contributed by atoms with van der Waals surface area (Å²) in [7, 11) is 0. The summed E-state index contributed by atoms with van der Waals surface area (Å²) >= 11 is 0. The molecule has 0 aromatic heterocycles. The van der Waals surface area contributed by atoms with Gasteiger partial charge in [0.25, 0.3) is 0 Å². The molecule has 2 aromatic carbocycles. The third kappa shape index (κ3) is 2.14. The zero-order valence-corrected chi connectivity index (χ0v) is 12.7. The van der Waals surface area contributed by atoms with E-state index in [1.165, 1.54) is 11.1 Å². The van der Waals surface area contributed by atoms with Crippen molar-refractivity contribution in [1.29, 1.82) is 0 Å². The van der Waals surface area contributed by atoms with Crippen LogP contribution in [0.4, 0.5) is 10.1 Å². The van der Waals surface area contributed by atoms with Crippen molar-refractivity contribution in [2.45, 2.75) is 31.7 Å². The minimum absolute atomic E-state index is 0.148. The number of benzene rings is 2. The van der Waals surface area contributed by atoms with Crippen LogP contribution in [-0.4, -0.2) is 0 Å². The van der Waals surface area contributed by atoms with E-state index in [0.717, 1.165) is 24.1 Å². The Morgan fingerprint density at radius 2 is 1.95 bits per heavy atom. The number of hydrogen-bond donors (Lipinski definition) is 1. The minimum atomic E-state index is -0.148. The third-order valence-corrected chi connectivity index (χ3v) is 5.07. The Bertz CT molecular complexity index is 717. The lowest BCUT2D eigenvalue weighted by Crippen LogP contribution is -2.29. The van der Waals surface area contributed by atoms with Crippen LogP contribution >= 0.6 is 0 Å². The van der Waals surface area contributed by atoms with Gasteiger partial charge in [-0.3, -0.25) is 0 Å². The summed E-state index contributed by atoms with van der Waals surface area (Å²) in [6, 6.07) is 14.3. The summed E-state index contributed by atoms with van der Waals surface area (Å²) in [5, 5.41) is 3.64. The lowest BCUT2D eigenvalue weighted by molar-refractivity contribution is 0.424. The van der Waals surface area contributed by atoms with Crippen molar-refractivity contribution < 1.29 is 4.39 Å². The molecule has 0 amide bonds. The van der Waals surface area contributed by atoms with Crippen LogP contribution in [0.25, 0.3) is 0 Å². The first-order chi connectivity index (χ1) is 10.8. The van der Waals surface area contributed by atoms with Crippen molar-refractivity contribution in [3.8, 4) is 0 Å². The highest BCUT2D eigenvalue weighted by Gasteiger charge is 2.37. The van der Waals surface area contributed by atoms with Crippen molar-refractivity contribution >= 4 is 5.69 Å². The van der Waals surface area contributed by atoms with Crippen LogP contribution in [0.1, 0.15) is 42.0 Å². The zero-order chi connectivity index (χ0) is 15.1. The van der Waals surface area contributed by atoms with E-state index in [4.69, 9.17) is 0 Å². The Hall–Kier alpha value is -2.09. The maximum Gasteiger partial charge on any atom is 0.123 e. The quantitative estimate of drug-likeness (QED) is 0.749. The van der Waals surface area contributed by atoms with Crippen molar-refractivity contribution in [3.05, 3.63) is 77.1 Å². The molecule has 1 N–H and O–H groups in total. The average Bonchev–Trinajstić information content (AvgIpc) is 3.04. The number of rotatable bonds is 2. The molecule has 0 saturated carbocycles. The maximum atomic E-state index is 13.6. The molecule has 0 spiro atoms. The van der Waals surface area contributed by atoms with E-state index in [-0.39, 0.29) is 5.82 Å². The van der Waals surface area contributed by atoms with Gasteiger partial charge in [0.05, 0.1) is 6.04 Å². The molecular formula is C20H20FN. The monoisotopic (exact) mass is 293 g/mol. The van der Waals surface area contributed by atoms with Gasteiger partial charge in [-0.05, 0) is 53.6 Å². The average molecular weight is 293 g/mol. The van der Waals surface area contributed by atoms with Gasteiger partial charge in [0, 0.05) is 11.6 Å². The van der Waals surface area contributed by atoms with Gasteiger partial charge in [-0.25, -0.2) is 4.39 Å². The SMILES string of the molecule is CCc1ccc([C@@H]2Nc3ccc(F)cc3[C@@H]3C=CC[C@H]32)cc1.